The summed E-state index contributed by atoms with van der Waals surface area (Å²) >= 11 is 0. The van der Waals surface area contributed by atoms with Crippen molar-refractivity contribution in [3.05, 3.63) is 23.3 Å². The van der Waals surface area contributed by atoms with Crippen LogP contribution in [0.15, 0.2) is 12.1 Å². The van der Waals surface area contributed by atoms with Crippen LogP contribution in [0, 0.1) is 19.8 Å². The second kappa shape index (κ2) is 5.61. The van der Waals surface area contributed by atoms with E-state index in [0.29, 0.717) is 30.4 Å². The van der Waals surface area contributed by atoms with E-state index in [1.54, 1.807) is 12.1 Å². The zero-order valence-corrected chi connectivity index (χ0v) is 13.1. The first-order valence-corrected chi connectivity index (χ1v) is 8.38. The number of aryl methyl sites for hydroxylation is 2. The molecule has 112 valence electrons. The number of piperidine rings is 1. The molecule has 1 aliphatic heterocycles. The summed E-state index contributed by atoms with van der Waals surface area (Å²) in [6, 6.07) is 3.58. The first-order valence-electron chi connectivity index (χ1n) is 6.94. The third-order valence-corrected chi connectivity index (χ3v) is 5.35. The van der Waals surface area contributed by atoms with Gasteiger partial charge in [0.15, 0.2) is 0 Å². The molecule has 0 aliphatic carbocycles. The summed E-state index contributed by atoms with van der Waals surface area (Å²) in [5, 5.41) is 0. The highest BCUT2D eigenvalue weighted by molar-refractivity contribution is 7.90. The molecule has 1 unspecified atom stereocenters. The number of nitrogens with two attached hydrogens (primary N) is 1. The van der Waals surface area contributed by atoms with Crippen molar-refractivity contribution in [3.63, 3.8) is 0 Å². The van der Waals surface area contributed by atoms with Crippen molar-refractivity contribution >= 4 is 21.6 Å². The molecule has 0 amide bonds. The monoisotopic (exact) mass is 297 g/mol. The van der Waals surface area contributed by atoms with Gasteiger partial charge in [0.2, 0.25) is 0 Å². The number of anilines is 2. The van der Waals surface area contributed by atoms with E-state index in [1.165, 1.54) is 4.31 Å². The summed E-state index contributed by atoms with van der Waals surface area (Å²) in [6.45, 7) is 7.11. The Hall–Kier alpha value is -1.27. The highest BCUT2D eigenvalue weighted by atomic mass is 32.2. The largest absolute Gasteiger partial charge is 0.397 e. The molecule has 0 aromatic heterocycles. The lowest BCUT2D eigenvalue weighted by Crippen LogP contribution is -2.42. The molecule has 6 heteroatoms. The summed E-state index contributed by atoms with van der Waals surface area (Å²) in [7, 11) is -3.52. The lowest BCUT2D eigenvalue weighted by atomic mass is 10.0. The highest BCUT2D eigenvalue weighted by Gasteiger charge is 2.27. The summed E-state index contributed by atoms with van der Waals surface area (Å²) < 4.78 is 28.9. The molecule has 1 aromatic carbocycles. The van der Waals surface area contributed by atoms with Crippen LogP contribution in [0.1, 0.15) is 30.9 Å². The molecule has 5 nitrogen and oxygen atoms in total. The molecule has 1 aliphatic rings. The maximum atomic E-state index is 12.4. The first kappa shape index (κ1) is 15.1. The number of nitrogen functional groups attached to an aromatic ring is 1. The Morgan fingerprint density at radius 3 is 2.60 bits per heavy atom. The van der Waals surface area contributed by atoms with Gasteiger partial charge in [-0.25, -0.2) is 0 Å². The average molecular weight is 297 g/mol. The standard InChI is InChI=1S/C14H23N3O2S/c1-10-5-4-6-17(9-10)20(18,19)16-14-8-12(3)11(2)7-13(14)15/h7-8,10,16H,4-6,9,15H2,1-3H3. The van der Waals surface area contributed by atoms with E-state index in [4.69, 9.17) is 5.73 Å². The van der Waals surface area contributed by atoms with Gasteiger partial charge in [-0.05, 0) is 55.9 Å². The van der Waals surface area contributed by atoms with Gasteiger partial charge in [0.25, 0.3) is 0 Å². The van der Waals surface area contributed by atoms with Crippen LogP contribution in [0.5, 0.6) is 0 Å². The van der Waals surface area contributed by atoms with Crippen LogP contribution in [-0.2, 0) is 10.2 Å². The van der Waals surface area contributed by atoms with Crippen LogP contribution in [0.4, 0.5) is 11.4 Å². The number of benzene rings is 1. The highest BCUT2D eigenvalue weighted by Crippen LogP contribution is 2.26. The van der Waals surface area contributed by atoms with Gasteiger partial charge in [0, 0.05) is 13.1 Å². The number of hydrogen-bond acceptors (Lipinski definition) is 3. The molecular weight excluding hydrogens is 274 g/mol. The molecule has 0 spiro atoms. The molecule has 0 radical (unpaired) electrons. The quantitative estimate of drug-likeness (QED) is 0.840. The summed E-state index contributed by atoms with van der Waals surface area (Å²) in [4.78, 5) is 0. The molecular formula is C14H23N3O2S. The molecule has 3 N–H and O–H groups in total. The molecule has 2 rings (SSSR count). The van der Waals surface area contributed by atoms with Crippen molar-refractivity contribution in [1.82, 2.24) is 4.31 Å². The Kier molecular flexibility index (Phi) is 4.25. The van der Waals surface area contributed by atoms with Gasteiger partial charge in [0.05, 0.1) is 11.4 Å². The average Bonchev–Trinajstić information content (AvgIpc) is 2.36. The molecule has 1 atom stereocenters. The van der Waals surface area contributed by atoms with Crippen molar-refractivity contribution in [1.29, 1.82) is 0 Å². The van der Waals surface area contributed by atoms with Gasteiger partial charge in [-0.2, -0.15) is 12.7 Å². The molecule has 0 saturated carbocycles. The van der Waals surface area contributed by atoms with Gasteiger partial charge in [-0.15, -0.1) is 0 Å². The molecule has 1 heterocycles. The molecule has 0 bridgehead atoms. The van der Waals surface area contributed by atoms with Crippen molar-refractivity contribution in [2.24, 2.45) is 5.92 Å². The second-order valence-corrected chi connectivity index (χ2v) is 7.41. The van der Waals surface area contributed by atoms with Crippen molar-refractivity contribution in [2.45, 2.75) is 33.6 Å². The minimum Gasteiger partial charge on any atom is -0.397 e. The summed E-state index contributed by atoms with van der Waals surface area (Å²) in [6.07, 6.45) is 1.99. The Balaban J connectivity index is 2.22. The molecule has 1 fully saturated rings. The third kappa shape index (κ3) is 3.24. The van der Waals surface area contributed by atoms with Crippen LogP contribution in [0.3, 0.4) is 0 Å². The van der Waals surface area contributed by atoms with Crippen LogP contribution in [-0.4, -0.2) is 25.8 Å². The van der Waals surface area contributed by atoms with Gasteiger partial charge < -0.3 is 5.73 Å². The van der Waals surface area contributed by atoms with Crippen molar-refractivity contribution < 1.29 is 8.42 Å². The van der Waals surface area contributed by atoms with E-state index in [-0.39, 0.29) is 0 Å². The van der Waals surface area contributed by atoms with E-state index >= 15 is 0 Å². The predicted octanol–water partition coefficient (Wildman–Crippen LogP) is 2.27. The topological polar surface area (TPSA) is 75.4 Å². The maximum absolute atomic E-state index is 12.4. The fourth-order valence-electron chi connectivity index (χ4n) is 2.50. The van der Waals surface area contributed by atoms with E-state index in [0.717, 1.165) is 24.0 Å². The van der Waals surface area contributed by atoms with E-state index in [1.807, 2.05) is 13.8 Å². The maximum Gasteiger partial charge on any atom is 0.301 e. The van der Waals surface area contributed by atoms with E-state index < -0.39 is 10.2 Å². The van der Waals surface area contributed by atoms with Crippen molar-refractivity contribution in [3.8, 4) is 0 Å². The van der Waals surface area contributed by atoms with Gasteiger partial charge in [-0.1, -0.05) is 6.92 Å². The number of nitrogens with zero attached hydrogens (tertiary/aromatic N) is 1. The normalized spacial score (nSPS) is 20.9. The van der Waals surface area contributed by atoms with E-state index in [2.05, 4.69) is 11.6 Å². The fraction of sp³-hybridized carbons (Fsp3) is 0.571. The van der Waals surface area contributed by atoms with Gasteiger partial charge >= 0.3 is 10.2 Å². The lowest BCUT2D eigenvalue weighted by Gasteiger charge is -2.30. The van der Waals surface area contributed by atoms with Crippen LogP contribution >= 0.6 is 0 Å². The minimum atomic E-state index is -3.52. The Labute approximate surface area is 121 Å². The Morgan fingerprint density at radius 2 is 1.95 bits per heavy atom. The molecule has 1 aromatic rings. The number of nitrogens with one attached hydrogen (secondary N) is 1. The summed E-state index contributed by atoms with van der Waals surface area (Å²) in [5.74, 6) is 0.400. The lowest BCUT2D eigenvalue weighted by molar-refractivity contribution is 0.282. The predicted molar refractivity (Wildman–Crippen MR) is 82.8 cm³/mol. The Bertz CT molecular complexity index is 599. The van der Waals surface area contributed by atoms with E-state index in [9.17, 15) is 8.42 Å². The summed E-state index contributed by atoms with van der Waals surface area (Å²) in [5.41, 5.74) is 8.90. The zero-order valence-electron chi connectivity index (χ0n) is 12.3. The van der Waals surface area contributed by atoms with Gasteiger partial charge in [0.1, 0.15) is 0 Å². The third-order valence-electron chi connectivity index (χ3n) is 3.86. The number of hydrogen-bond donors (Lipinski definition) is 2. The van der Waals surface area contributed by atoms with Crippen LogP contribution < -0.4 is 10.5 Å². The number of rotatable bonds is 3. The first-order chi connectivity index (χ1) is 9.29. The molecule has 1 saturated heterocycles. The minimum absolute atomic E-state index is 0.400. The SMILES string of the molecule is Cc1cc(N)c(NS(=O)(=O)N2CCCC(C)C2)cc1C. The Morgan fingerprint density at radius 1 is 1.30 bits per heavy atom. The van der Waals surface area contributed by atoms with Crippen LogP contribution in [0.25, 0.3) is 0 Å². The van der Waals surface area contributed by atoms with Gasteiger partial charge in [-0.3, -0.25) is 4.72 Å². The second-order valence-electron chi connectivity index (χ2n) is 5.74. The molecule has 20 heavy (non-hydrogen) atoms. The fourth-order valence-corrected chi connectivity index (χ4v) is 3.90. The van der Waals surface area contributed by atoms with Crippen molar-refractivity contribution in [2.75, 3.05) is 23.5 Å². The zero-order chi connectivity index (χ0) is 14.9. The van der Waals surface area contributed by atoms with Crippen LogP contribution in [0.2, 0.25) is 0 Å². The smallest absolute Gasteiger partial charge is 0.301 e.